The molecule has 0 spiro atoms. The first kappa shape index (κ1) is 16.1. The minimum absolute atomic E-state index is 0.384. The summed E-state index contributed by atoms with van der Waals surface area (Å²) >= 11 is 3.63. The number of rotatable bonds is 7. The SMILES string of the molecule is CCNC(CCc1cc(OC)ccc1Br)c1ccccc1. The third kappa shape index (κ3) is 4.58. The molecule has 1 N–H and O–H groups in total. The molecule has 2 aromatic carbocycles. The maximum absolute atomic E-state index is 5.31. The standard InChI is InChI=1S/C18H22BrNO/c1-3-20-18(14-7-5-4-6-8-14)12-9-15-13-16(21-2)10-11-17(15)19/h4-8,10-11,13,18,20H,3,9,12H2,1-2H3. The van der Waals surface area contributed by atoms with Crippen molar-refractivity contribution in [3.63, 3.8) is 0 Å². The Morgan fingerprint density at radius 3 is 2.57 bits per heavy atom. The fourth-order valence-corrected chi connectivity index (χ4v) is 2.93. The van der Waals surface area contributed by atoms with E-state index in [-0.39, 0.29) is 0 Å². The summed E-state index contributed by atoms with van der Waals surface area (Å²) in [6, 6.07) is 17.2. The first-order chi connectivity index (χ1) is 10.2. The van der Waals surface area contributed by atoms with Crippen LogP contribution in [0.25, 0.3) is 0 Å². The average Bonchev–Trinajstić information content (AvgIpc) is 2.53. The quantitative estimate of drug-likeness (QED) is 0.780. The molecule has 0 amide bonds. The average molecular weight is 348 g/mol. The predicted molar refractivity (Wildman–Crippen MR) is 91.9 cm³/mol. The second kappa shape index (κ2) is 8.20. The normalized spacial score (nSPS) is 12.1. The topological polar surface area (TPSA) is 21.3 Å². The molecule has 0 heterocycles. The minimum Gasteiger partial charge on any atom is -0.497 e. The van der Waals surface area contributed by atoms with Gasteiger partial charge in [0.15, 0.2) is 0 Å². The van der Waals surface area contributed by atoms with Gasteiger partial charge in [-0.15, -0.1) is 0 Å². The number of halogens is 1. The second-order valence-electron chi connectivity index (χ2n) is 5.02. The van der Waals surface area contributed by atoms with E-state index in [2.05, 4.69) is 70.6 Å². The Morgan fingerprint density at radius 2 is 1.90 bits per heavy atom. The molecule has 21 heavy (non-hydrogen) atoms. The lowest BCUT2D eigenvalue weighted by atomic mass is 9.99. The number of ether oxygens (including phenoxy) is 1. The van der Waals surface area contributed by atoms with Crippen molar-refractivity contribution in [3.8, 4) is 5.75 Å². The van der Waals surface area contributed by atoms with Crippen LogP contribution >= 0.6 is 15.9 Å². The largest absolute Gasteiger partial charge is 0.497 e. The highest BCUT2D eigenvalue weighted by atomic mass is 79.9. The zero-order valence-electron chi connectivity index (χ0n) is 12.6. The van der Waals surface area contributed by atoms with E-state index in [0.29, 0.717) is 6.04 Å². The highest BCUT2D eigenvalue weighted by Crippen LogP contribution is 2.26. The molecule has 0 aliphatic heterocycles. The van der Waals surface area contributed by atoms with Crippen molar-refractivity contribution in [2.75, 3.05) is 13.7 Å². The number of methoxy groups -OCH3 is 1. The van der Waals surface area contributed by atoms with Gasteiger partial charge < -0.3 is 10.1 Å². The molecule has 0 aromatic heterocycles. The lowest BCUT2D eigenvalue weighted by Gasteiger charge is -2.19. The van der Waals surface area contributed by atoms with Crippen LogP contribution in [0.1, 0.15) is 30.5 Å². The summed E-state index contributed by atoms with van der Waals surface area (Å²) < 4.78 is 6.46. The van der Waals surface area contributed by atoms with Crippen LogP contribution in [0.2, 0.25) is 0 Å². The second-order valence-corrected chi connectivity index (χ2v) is 5.87. The maximum Gasteiger partial charge on any atom is 0.119 e. The van der Waals surface area contributed by atoms with E-state index >= 15 is 0 Å². The van der Waals surface area contributed by atoms with Gasteiger partial charge in [0.1, 0.15) is 5.75 Å². The van der Waals surface area contributed by atoms with Gasteiger partial charge in [-0.3, -0.25) is 0 Å². The summed E-state index contributed by atoms with van der Waals surface area (Å²) in [6.45, 7) is 3.12. The Balaban J connectivity index is 2.08. The summed E-state index contributed by atoms with van der Waals surface area (Å²) in [5.74, 6) is 0.910. The van der Waals surface area contributed by atoms with Gasteiger partial charge in [-0.05, 0) is 48.7 Å². The highest BCUT2D eigenvalue weighted by Gasteiger charge is 2.11. The van der Waals surface area contributed by atoms with Gasteiger partial charge in [-0.2, -0.15) is 0 Å². The van der Waals surface area contributed by atoms with Crippen LogP contribution in [0.4, 0.5) is 0 Å². The molecule has 2 aromatic rings. The molecule has 0 radical (unpaired) electrons. The van der Waals surface area contributed by atoms with Gasteiger partial charge in [-0.25, -0.2) is 0 Å². The fourth-order valence-electron chi connectivity index (χ4n) is 2.49. The van der Waals surface area contributed by atoms with Gasteiger partial charge in [0.05, 0.1) is 7.11 Å². The maximum atomic E-state index is 5.31. The van der Waals surface area contributed by atoms with E-state index in [1.165, 1.54) is 11.1 Å². The summed E-state index contributed by atoms with van der Waals surface area (Å²) in [5.41, 5.74) is 2.63. The van der Waals surface area contributed by atoms with Crippen LogP contribution in [-0.4, -0.2) is 13.7 Å². The molecule has 0 aliphatic carbocycles. The Kier molecular flexibility index (Phi) is 6.27. The van der Waals surface area contributed by atoms with Crippen molar-refractivity contribution in [2.24, 2.45) is 0 Å². The first-order valence-corrected chi connectivity index (χ1v) is 8.14. The Morgan fingerprint density at radius 1 is 1.14 bits per heavy atom. The number of nitrogens with one attached hydrogen (secondary N) is 1. The lowest BCUT2D eigenvalue weighted by molar-refractivity contribution is 0.414. The van der Waals surface area contributed by atoms with Gasteiger partial charge >= 0.3 is 0 Å². The zero-order chi connectivity index (χ0) is 15.1. The summed E-state index contributed by atoms with van der Waals surface area (Å²) in [4.78, 5) is 0. The Hall–Kier alpha value is -1.32. The van der Waals surface area contributed by atoms with E-state index in [4.69, 9.17) is 4.74 Å². The number of benzene rings is 2. The molecule has 2 rings (SSSR count). The Labute approximate surface area is 135 Å². The smallest absolute Gasteiger partial charge is 0.119 e. The van der Waals surface area contributed by atoms with Crippen LogP contribution in [0.3, 0.4) is 0 Å². The molecule has 0 bridgehead atoms. The van der Waals surface area contributed by atoms with Crippen LogP contribution in [-0.2, 0) is 6.42 Å². The number of hydrogen-bond acceptors (Lipinski definition) is 2. The molecule has 0 saturated heterocycles. The summed E-state index contributed by atoms with van der Waals surface area (Å²) in [6.07, 6.45) is 2.06. The third-order valence-corrected chi connectivity index (χ3v) is 4.38. The molecular weight excluding hydrogens is 326 g/mol. The van der Waals surface area contributed by atoms with Crippen molar-refractivity contribution in [1.82, 2.24) is 5.32 Å². The summed E-state index contributed by atoms with van der Waals surface area (Å²) in [5, 5.41) is 3.57. The van der Waals surface area contributed by atoms with Crippen LogP contribution < -0.4 is 10.1 Å². The molecule has 1 atom stereocenters. The van der Waals surface area contributed by atoms with Crippen molar-refractivity contribution >= 4 is 15.9 Å². The summed E-state index contributed by atoms with van der Waals surface area (Å²) in [7, 11) is 1.71. The van der Waals surface area contributed by atoms with E-state index < -0.39 is 0 Å². The molecule has 3 heteroatoms. The van der Waals surface area contributed by atoms with Crippen LogP contribution in [0.5, 0.6) is 5.75 Å². The minimum atomic E-state index is 0.384. The molecule has 112 valence electrons. The van der Waals surface area contributed by atoms with Crippen LogP contribution in [0.15, 0.2) is 53.0 Å². The lowest BCUT2D eigenvalue weighted by Crippen LogP contribution is -2.21. The first-order valence-electron chi connectivity index (χ1n) is 7.35. The van der Waals surface area contributed by atoms with E-state index in [9.17, 15) is 0 Å². The third-order valence-electron chi connectivity index (χ3n) is 3.61. The predicted octanol–water partition coefficient (Wildman–Crippen LogP) is 4.74. The fraction of sp³-hybridized carbons (Fsp3) is 0.333. The molecule has 2 nitrogen and oxygen atoms in total. The molecular formula is C18H22BrNO. The van der Waals surface area contributed by atoms with Crippen molar-refractivity contribution in [3.05, 3.63) is 64.1 Å². The Bertz CT molecular complexity index is 556. The zero-order valence-corrected chi connectivity index (χ0v) is 14.2. The monoisotopic (exact) mass is 347 g/mol. The molecule has 0 aliphatic rings. The van der Waals surface area contributed by atoms with Gasteiger partial charge in [0, 0.05) is 10.5 Å². The molecule has 0 fully saturated rings. The van der Waals surface area contributed by atoms with E-state index in [1.807, 2.05) is 6.07 Å². The van der Waals surface area contributed by atoms with Crippen molar-refractivity contribution in [1.29, 1.82) is 0 Å². The van der Waals surface area contributed by atoms with Gasteiger partial charge in [0.25, 0.3) is 0 Å². The molecule has 1 unspecified atom stereocenters. The van der Waals surface area contributed by atoms with E-state index in [1.54, 1.807) is 7.11 Å². The number of aryl methyl sites for hydroxylation is 1. The molecule has 0 saturated carbocycles. The van der Waals surface area contributed by atoms with Gasteiger partial charge in [-0.1, -0.05) is 53.2 Å². The van der Waals surface area contributed by atoms with Gasteiger partial charge in [0.2, 0.25) is 0 Å². The van der Waals surface area contributed by atoms with Crippen molar-refractivity contribution < 1.29 is 4.74 Å². The number of hydrogen-bond donors (Lipinski definition) is 1. The highest BCUT2D eigenvalue weighted by molar-refractivity contribution is 9.10. The van der Waals surface area contributed by atoms with E-state index in [0.717, 1.165) is 29.6 Å². The van der Waals surface area contributed by atoms with Crippen LogP contribution in [0, 0.1) is 0 Å². The van der Waals surface area contributed by atoms with Crippen molar-refractivity contribution in [2.45, 2.75) is 25.8 Å².